The number of hydrogen-bond donors (Lipinski definition) is 3. The Morgan fingerprint density at radius 1 is 1.53 bits per heavy atom. The summed E-state index contributed by atoms with van der Waals surface area (Å²) in [5, 5.41) is 6.13. The highest BCUT2D eigenvalue weighted by molar-refractivity contribution is 6.29. The fraction of sp³-hybridized carbons (Fsp3) is 0.455. The van der Waals surface area contributed by atoms with Crippen LogP contribution in [-0.4, -0.2) is 23.5 Å². The zero-order valence-corrected chi connectivity index (χ0v) is 10.7. The third kappa shape index (κ3) is 5.40. The molecule has 0 unspecified atom stereocenters. The summed E-state index contributed by atoms with van der Waals surface area (Å²) >= 11 is 5.75. The Hall–Kier alpha value is -1.49. The molecule has 0 spiro atoms. The Bertz CT molecular complexity index is 375. The smallest absolute Gasteiger partial charge is 0.221 e. The molecule has 6 heteroatoms. The minimum Gasteiger partial charge on any atom is -0.399 e. The molecule has 0 bridgehead atoms. The lowest BCUT2D eigenvalue weighted by Crippen LogP contribution is -2.31. The Morgan fingerprint density at radius 3 is 2.82 bits per heavy atom. The van der Waals surface area contributed by atoms with E-state index in [0.29, 0.717) is 29.6 Å². The van der Waals surface area contributed by atoms with Crippen LogP contribution in [0.15, 0.2) is 12.1 Å². The molecular formula is C11H17ClN4O. The van der Waals surface area contributed by atoms with Crippen LogP contribution in [0.2, 0.25) is 5.15 Å². The number of nitrogens with two attached hydrogens (primary N) is 1. The van der Waals surface area contributed by atoms with E-state index in [1.807, 2.05) is 13.8 Å². The van der Waals surface area contributed by atoms with Crippen LogP contribution in [0.5, 0.6) is 0 Å². The van der Waals surface area contributed by atoms with E-state index in [9.17, 15) is 4.79 Å². The molecule has 0 aliphatic heterocycles. The second-order valence-electron chi connectivity index (χ2n) is 4.01. The number of halogens is 1. The van der Waals surface area contributed by atoms with E-state index in [2.05, 4.69) is 15.6 Å². The molecule has 5 nitrogen and oxygen atoms in total. The Morgan fingerprint density at radius 2 is 2.24 bits per heavy atom. The Kier molecular flexibility index (Phi) is 5.03. The second kappa shape index (κ2) is 6.30. The molecule has 94 valence electrons. The minimum absolute atomic E-state index is 0.00231. The average molecular weight is 257 g/mol. The Labute approximate surface area is 106 Å². The van der Waals surface area contributed by atoms with Crippen molar-refractivity contribution >= 4 is 29.0 Å². The lowest BCUT2D eigenvalue weighted by atomic mass is 10.3. The van der Waals surface area contributed by atoms with E-state index in [-0.39, 0.29) is 11.9 Å². The number of nitrogen functional groups attached to an aromatic ring is 1. The summed E-state index contributed by atoms with van der Waals surface area (Å²) in [6, 6.07) is 3.40. The van der Waals surface area contributed by atoms with Crippen LogP contribution < -0.4 is 16.4 Å². The molecule has 1 aromatic heterocycles. The lowest BCUT2D eigenvalue weighted by Gasteiger charge is -2.09. The van der Waals surface area contributed by atoms with Gasteiger partial charge in [0.25, 0.3) is 0 Å². The number of anilines is 2. The van der Waals surface area contributed by atoms with E-state index in [0.717, 1.165) is 0 Å². The normalized spacial score (nSPS) is 10.4. The highest BCUT2D eigenvalue weighted by Crippen LogP contribution is 2.15. The molecule has 4 N–H and O–H groups in total. The van der Waals surface area contributed by atoms with E-state index >= 15 is 0 Å². The summed E-state index contributed by atoms with van der Waals surface area (Å²) < 4.78 is 0. The first-order valence-electron chi connectivity index (χ1n) is 5.43. The van der Waals surface area contributed by atoms with Gasteiger partial charge in [-0.1, -0.05) is 11.6 Å². The molecule has 0 aliphatic carbocycles. The number of nitrogens with zero attached hydrogens (tertiary/aromatic N) is 1. The molecule has 0 saturated carbocycles. The number of carbonyl (C=O) groups excluding carboxylic acids is 1. The van der Waals surface area contributed by atoms with E-state index < -0.39 is 0 Å². The van der Waals surface area contributed by atoms with Gasteiger partial charge in [-0.15, -0.1) is 0 Å². The van der Waals surface area contributed by atoms with Gasteiger partial charge in [-0.05, 0) is 19.9 Å². The van der Waals surface area contributed by atoms with Gasteiger partial charge in [-0.2, -0.15) is 0 Å². The van der Waals surface area contributed by atoms with Crippen molar-refractivity contribution in [2.24, 2.45) is 0 Å². The first-order valence-corrected chi connectivity index (χ1v) is 5.81. The number of amides is 1. The SMILES string of the molecule is CC(C)NC(=O)CCNc1cc(N)cc(Cl)n1. The van der Waals surface area contributed by atoms with Crippen molar-refractivity contribution in [1.29, 1.82) is 0 Å². The number of nitrogens with one attached hydrogen (secondary N) is 2. The number of hydrogen-bond acceptors (Lipinski definition) is 4. The monoisotopic (exact) mass is 256 g/mol. The average Bonchev–Trinajstić information content (AvgIpc) is 2.14. The van der Waals surface area contributed by atoms with Gasteiger partial charge in [-0.25, -0.2) is 4.98 Å². The zero-order chi connectivity index (χ0) is 12.8. The van der Waals surface area contributed by atoms with E-state index in [4.69, 9.17) is 17.3 Å². The van der Waals surface area contributed by atoms with Crippen LogP contribution in [0.25, 0.3) is 0 Å². The maximum Gasteiger partial charge on any atom is 0.221 e. The zero-order valence-electron chi connectivity index (χ0n) is 9.96. The predicted molar refractivity (Wildman–Crippen MR) is 70.0 cm³/mol. The summed E-state index contributed by atoms with van der Waals surface area (Å²) in [5.41, 5.74) is 6.15. The van der Waals surface area contributed by atoms with Gasteiger partial charge in [-0.3, -0.25) is 4.79 Å². The molecule has 0 fully saturated rings. The molecule has 17 heavy (non-hydrogen) atoms. The van der Waals surface area contributed by atoms with Crippen LogP contribution in [0.3, 0.4) is 0 Å². The third-order valence-corrected chi connectivity index (χ3v) is 2.12. The molecule has 0 saturated heterocycles. The van der Waals surface area contributed by atoms with E-state index in [1.54, 1.807) is 12.1 Å². The summed E-state index contributed by atoms with van der Waals surface area (Å²) in [5.74, 6) is 0.579. The molecule has 1 heterocycles. The second-order valence-corrected chi connectivity index (χ2v) is 4.39. The molecule has 1 rings (SSSR count). The van der Waals surface area contributed by atoms with Gasteiger partial charge >= 0.3 is 0 Å². The first-order chi connectivity index (χ1) is 7.97. The summed E-state index contributed by atoms with van der Waals surface area (Å²) in [6.45, 7) is 4.33. The van der Waals surface area contributed by atoms with Crippen LogP contribution in [0.1, 0.15) is 20.3 Å². The molecule has 0 aromatic carbocycles. The Balaban J connectivity index is 2.38. The number of rotatable bonds is 5. The minimum atomic E-state index is 0.00231. The van der Waals surface area contributed by atoms with Crippen molar-refractivity contribution in [3.8, 4) is 0 Å². The molecule has 1 amide bonds. The summed E-state index contributed by atoms with van der Waals surface area (Å²) in [4.78, 5) is 15.4. The van der Waals surface area contributed by atoms with Gasteiger partial charge < -0.3 is 16.4 Å². The third-order valence-electron chi connectivity index (χ3n) is 1.92. The maximum atomic E-state index is 11.4. The highest BCUT2D eigenvalue weighted by atomic mass is 35.5. The fourth-order valence-electron chi connectivity index (χ4n) is 1.31. The van der Waals surface area contributed by atoms with Gasteiger partial charge in [0.15, 0.2) is 0 Å². The molecule has 0 aliphatic rings. The topological polar surface area (TPSA) is 80.0 Å². The van der Waals surface area contributed by atoms with Crippen LogP contribution in [0, 0.1) is 0 Å². The largest absolute Gasteiger partial charge is 0.399 e. The van der Waals surface area contributed by atoms with Crippen molar-refractivity contribution in [3.05, 3.63) is 17.3 Å². The highest BCUT2D eigenvalue weighted by Gasteiger charge is 2.03. The number of aromatic nitrogens is 1. The maximum absolute atomic E-state index is 11.4. The molecule has 1 aromatic rings. The molecule has 0 atom stereocenters. The number of carbonyl (C=O) groups is 1. The van der Waals surface area contributed by atoms with E-state index in [1.165, 1.54) is 0 Å². The fourth-order valence-corrected chi connectivity index (χ4v) is 1.52. The van der Waals surface area contributed by atoms with Crippen LogP contribution >= 0.6 is 11.6 Å². The van der Waals surface area contributed by atoms with Crippen molar-refractivity contribution in [2.45, 2.75) is 26.3 Å². The van der Waals surface area contributed by atoms with Crippen molar-refractivity contribution < 1.29 is 4.79 Å². The quantitative estimate of drug-likeness (QED) is 0.700. The first kappa shape index (κ1) is 13.6. The standard InChI is InChI=1S/C11H17ClN4O/c1-7(2)15-11(17)3-4-14-10-6-8(13)5-9(12)16-10/h5-7H,3-4H2,1-2H3,(H,15,17)(H3,13,14,16). The van der Waals surface area contributed by atoms with Gasteiger partial charge in [0.1, 0.15) is 11.0 Å². The van der Waals surface area contributed by atoms with Crippen LogP contribution in [0.4, 0.5) is 11.5 Å². The van der Waals surface area contributed by atoms with Gasteiger partial charge in [0, 0.05) is 30.8 Å². The summed E-state index contributed by atoms with van der Waals surface area (Å²) in [7, 11) is 0. The molecule has 0 radical (unpaired) electrons. The van der Waals surface area contributed by atoms with Gasteiger partial charge in [0.2, 0.25) is 5.91 Å². The number of pyridine rings is 1. The molecular weight excluding hydrogens is 240 g/mol. The van der Waals surface area contributed by atoms with Crippen molar-refractivity contribution in [2.75, 3.05) is 17.6 Å². The predicted octanol–water partition coefficient (Wildman–Crippen LogP) is 1.64. The van der Waals surface area contributed by atoms with Crippen molar-refractivity contribution in [3.63, 3.8) is 0 Å². The van der Waals surface area contributed by atoms with Gasteiger partial charge in [0.05, 0.1) is 0 Å². The van der Waals surface area contributed by atoms with Crippen LogP contribution in [-0.2, 0) is 4.79 Å². The van der Waals surface area contributed by atoms with Crippen molar-refractivity contribution in [1.82, 2.24) is 10.3 Å². The lowest BCUT2D eigenvalue weighted by molar-refractivity contribution is -0.121. The summed E-state index contributed by atoms with van der Waals surface area (Å²) in [6.07, 6.45) is 0.381.